The summed E-state index contributed by atoms with van der Waals surface area (Å²) in [6, 6.07) is 15.1. The van der Waals surface area contributed by atoms with Gasteiger partial charge in [-0.2, -0.15) is 0 Å². The van der Waals surface area contributed by atoms with E-state index < -0.39 is 0 Å². The molecule has 0 atom stereocenters. The number of carbonyl (C=O) groups excluding carboxylic acids is 1. The van der Waals surface area contributed by atoms with Gasteiger partial charge in [0.25, 0.3) is 0 Å². The van der Waals surface area contributed by atoms with Crippen molar-refractivity contribution in [2.24, 2.45) is 5.73 Å². The minimum Gasteiger partial charge on any atom is -0.329 e. The van der Waals surface area contributed by atoms with Gasteiger partial charge in [0.2, 0.25) is 5.91 Å². The SMILES string of the molecule is Cl.NCCN(CCc1ccccc1)CC(=O)Nc1cc(Cl)ccc1Cl. The van der Waals surface area contributed by atoms with Crippen molar-refractivity contribution >= 4 is 47.2 Å². The van der Waals surface area contributed by atoms with Crippen molar-refractivity contribution in [1.29, 1.82) is 0 Å². The zero-order chi connectivity index (χ0) is 17.4. The van der Waals surface area contributed by atoms with Gasteiger partial charge in [0.15, 0.2) is 0 Å². The van der Waals surface area contributed by atoms with Crippen LogP contribution in [0, 0.1) is 0 Å². The minimum absolute atomic E-state index is 0. The molecule has 136 valence electrons. The van der Waals surface area contributed by atoms with Crippen molar-refractivity contribution in [3.8, 4) is 0 Å². The predicted molar refractivity (Wildman–Crippen MR) is 108 cm³/mol. The average molecular weight is 403 g/mol. The standard InChI is InChI=1S/C18H21Cl2N3O.ClH/c19-15-6-7-16(20)17(12-15)22-18(24)13-23(11-9-21)10-8-14-4-2-1-3-5-14;/h1-7,12H,8-11,13,21H2,(H,22,24);1H. The first kappa shape index (κ1) is 21.7. The molecular formula is C18H22Cl3N3O. The smallest absolute Gasteiger partial charge is 0.238 e. The van der Waals surface area contributed by atoms with E-state index in [0.29, 0.717) is 28.8 Å². The molecule has 1 amide bonds. The average Bonchev–Trinajstić information content (AvgIpc) is 2.57. The van der Waals surface area contributed by atoms with E-state index in [1.807, 2.05) is 23.1 Å². The predicted octanol–water partition coefficient (Wildman–Crippen LogP) is 3.86. The first-order valence-corrected chi connectivity index (χ1v) is 8.55. The van der Waals surface area contributed by atoms with Crippen LogP contribution in [0.1, 0.15) is 5.56 Å². The fourth-order valence-corrected chi connectivity index (χ4v) is 2.71. The number of carbonyl (C=O) groups is 1. The summed E-state index contributed by atoms with van der Waals surface area (Å²) in [6.45, 7) is 2.17. The summed E-state index contributed by atoms with van der Waals surface area (Å²) in [5, 5.41) is 3.79. The maximum absolute atomic E-state index is 12.3. The molecule has 0 aliphatic rings. The van der Waals surface area contributed by atoms with Gasteiger partial charge in [0.1, 0.15) is 0 Å². The van der Waals surface area contributed by atoms with Gasteiger partial charge in [0.05, 0.1) is 17.3 Å². The van der Waals surface area contributed by atoms with Crippen molar-refractivity contribution in [2.45, 2.75) is 6.42 Å². The third-order valence-corrected chi connectivity index (χ3v) is 4.14. The molecule has 2 aromatic rings. The molecule has 4 nitrogen and oxygen atoms in total. The highest BCUT2D eigenvalue weighted by atomic mass is 35.5. The molecule has 0 bridgehead atoms. The van der Waals surface area contributed by atoms with Gasteiger partial charge in [-0.15, -0.1) is 12.4 Å². The Hall–Kier alpha value is -1.30. The third-order valence-electron chi connectivity index (χ3n) is 3.57. The molecule has 25 heavy (non-hydrogen) atoms. The lowest BCUT2D eigenvalue weighted by molar-refractivity contribution is -0.117. The molecule has 3 N–H and O–H groups in total. The molecule has 0 spiro atoms. The zero-order valence-corrected chi connectivity index (χ0v) is 16.1. The Labute approximate surface area is 164 Å². The van der Waals surface area contributed by atoms with Crippen LogP contribution >= 0.6 is 35.6 Å². The maximum Gasteiger partial charge on any atom is 0.238 e. The van der Waals surface area contributed by atoms with Gasteiger partial charge in [-0.25, -0.2) is 0 Å². The van der Waals surface area contributed by atoms with Crippen molar-refractivity contribution in [3.63, 3.8) is 0 Å². The number of benzene rings is 2. The van der Waals surface area contributed by atoms with Gasteiger partial charge in [-0.3, -0.25) is 9.69 Å². The highest BCUT2D eigenvalue weighted by Crippen LogP contribution is 2.25. The Morgan fingerprint density at radius 3 is 2.48 bits per heavy atom. The topological polar surface area (TPSA) is 58.4 Å². The van der Waals surface area contributed by atoms with Crippen LogP contribution in [-0.2, 0) is 11.2 Å². The quantitative estimate of drug-likeness (QED) is 0.705. The third kappa shape index (κ3) is 7.63. The first-order chi connectivity index (χ1) is 11.6. The van der Waals surface area contributed by atoms with Crippen LogP contribution < -0.4 is 11.1 Å². The lowest BCUT2D eigenvalue weighted by atomic mass is 10.1. The van der Waals surface area contributed by atoms with Crippen LogP contribution in [0.2, 0.25) is 10.0 Å². The zero-order valence-electron chi connectivity index (χ0n) is 13.8. The summed E-state index contributed by atoms with van der Waals surface area (Å²) >= 11 is 12.0. The second kappa shape index (κ2) is 11.3. The van der Waals surface area contributed by atoms with E-state index >= 15 is 0 Å². The Balaban J connectivity index is 0.00000312. The van der Waals surface area contributed by atoms with Crippen molar-refractivity contribution < 1.29 is 4.79 Å². The fraction of sp³-hybridized carbons (Fsp3) is 0.278. The van der Waals surface area contributed by atoms with Crippen LogP contribution in [0.5, 0.6) is 0 Å². The molecule has 2 rings (SSSR count). The van der Waals surface area contributed by atoms with Gasteiger partial charge in [-0.05, 0) is 30.2 Å². The molecule has 0 aliphatic carbocycles. The van der Waals surface area contributed by atoms with Crippen molar-refractivity contribution in [2.75, 3.05) is 31.5 Å². The monoisotopic (exact) mass is 401 g/mol. The highest BCUT2D eigenvalue weighted by molar-refractivity contribution is 6.35. The molecule has 0 fully saturated rings. The maximum atomic E-state index is 12.3. The van der Waals surface area contributed by atoms with E-state index in [4.69, 9.17) is 28.9 Å². The van der Waals surface area contributed by atoms with Gasteiger partial charge >= 0.3 is 0 Å². The van der Waals surface area contributed by atoms with E-state index in [9.17, 15) is 4.79 Å². The van der Waals surface area contributed by atoms with E-state index in [2.05, 4.69) is 17.4 Å². The molecule has 0 saturated carbocycles. The number of nitrogens with one attached hydrogen (secondary N) is 1. The Kier molecular flexibility index (Phi) is 9.86. The number of nitrogens with zero attached hydrogens (tertiary/aromatic N) is 1. The number of hydrogen-bond acceptors (Lipinski definition) is 3. The van der Waals surface area contributed by atoms with E-state index in [1.54, 1.807) is 18.2 Å². The summed E-state index contributed by atoms with van der Waals surface area (Å²) < 4.78 is 0. The molecule has 0 radical (unpaired) electrons. The molecule has 0 aromatic heterocycles. The lowest BCUT2D eigenvalue weighted by Crippen LogP contribution is -2.38. The van der Waals surface area contributed by atoms with Gasteiger partial charge < -0.3 is 11.1 Å². The number of anilines is 1. The summed E-state index contributed by atoms with van der Waals surface area (Å²) in [4.78, 5) is 14.3. The minimum atomic E-state index is -0.138. The van der Waals surface area contributed by atoms with Crippen molar-refractivity contribution in [1.82, 2.24) is 4.90 Å². The lowest BCUT2D eigenvalue weighted by Gasteiger charge is -2.21. The van der Waals surface area contributed by atoms with Gasteiger partial charge in [-0.1, -0.05) is 53.5 Å². The van der Waals surface area contributed by atoms with Crippen LogP contribution in [-0.4, -0.2) is 37.0 Å². The normalized spacial score (nSPS) is 10.4. The molecular weight excluding hydrogens is 381 g/mol. The highest BCUT2D eigenvalue weighted by Gasteiger charge is 2.12. The van der Waals surface area contributed by atoms with Crippen LogP contribution in [0.25, 0.3) is 0 Å². The Bertz CT molecular complexity index is 668. The number of hydrogen-bond donors (Lipinski definition) is 2. The molecule has 0 heterocycles. The largest absolute Gasteiger partial charge is 0.329 e. The Morgan fingerprint density at radius 1 is 1.08 bits per heavy atom. The van der Waals surface area contributed by atoms with Gasteiger partial charge in [0, 0.05) is 24.7 Å². The number of rotatable bonds is 8. The van der Waals surface area contributed by atoms with E-state index in [-0.39, 0.29) is 24.9 Å². The molecule has 2 aromatic carbocycles. The summed E-state index contributed by atoms with van der Waals surface area (Å²) in [5.41, 5.74) is 7.41. The fourth-order valence-electron chi connectivity index (χ4n) is 2.37. The molecule has 0 aliphatic heterocycles. The number of nitrogens with two attached hydrogens (primary N) is 1. The molecule has 0 saturated heterocycles. The van der Waals surface area contributed by atoms with Crippen molar-refractivity contribution in [3.05, 3.63) is 64.1 Å². The molecule has 7 heteroatoms. The summed E-state index contributed by atoms with van der Waals surface area (Å²) in [5.74, 6) is -0.138. The second-order valence-electron chi connectivity index (χ2n) is 5.47. The Morgan fingerprint density at radius 2 is 1.80 bits per heavy atom. The second-order valence-corrected chi connectivity index (χ2v) is 6.32. The van der Waals surface area contributed by atoms with Crippen LogP contribution in [0.15, 0.2) is 48.5 Å². The first-order valence-electron chi connectivity index (χ1n) is 7.79. The number of amides is 1. The van der Waals surface area contributed by atoms with E-state index in [1.165, 1.54) is 5.56 Å². The van der Waals surface area contributed by atoms with Crippen LogP contribution in [0.3, 0.4) is 0 Å². The summed E-state index contributed by atoms with van der Waals surface area (Å²) in [6.07, 6.45) is 0.867. The summed E-state index contributed by atoms with van der Waals surface area (Å²) in [7, 11) is 0. The van der Waals surface area contributed by atoms with Crippen LogP contribution in [0.4, 0.5) is 5.69 Å². The molecule has 0 unspecified atom stereocenters. The number of halogens is 3. The van der Waals surface area contributed by atoms with E-state index in [0.717, 1.165) is 13.0 Å².